The van der Waals surface area contributed by atoms with Gasteiger partial charge >= 0.3 is 5.97 Å². The van der Waals surface area contributed by atoms with Gasteiger partial charge in [-0.15, -0.1) is 6.58 Å². The predicted octanol–water partition coefficient (Wildman–Crippen LogP) is 1.41. The third kappa shape index (κ3) is 8.43. The number of hydrogen-bond acceptors (Lipinski definition) is 7. The minimum absolute atomic E-state index is 0.0323. The molecule has 1 heterocycles. The lowest BCUT2D eigenvalue weighted by molar-refractivity contribution is -0.171. The number of nitrogens with zero attached hydrogens (tertiary/aromatic N) is 2. The first-order chi connectivity index (χ1) is 12.6. The van der Waals surface area contributed by atoms with Gasteiger partial charge in [0.1, 0.15) is 6.07 Å². The number of nitriles is 1. The molecular formula is C18H28N2O6. The Kier molecular flexibility index (Phi) is 11.3. The second-order valence-electron chi connectivity index (χ2n) is 5.86. The van der Waals surface area contributed by atoms with Crippen LogP contribution in [0.15, 0.2) is 12.7 Å². The van der Waals surface area contributed by atoms with Gasteiger partial charge in [0.15, 0.2) is 18.9 Å². The average Bonchev–Trinajstić information content (AvgIpc) is 2.67. The molecule has 0 N–H and O–H groups in total. The largest absolute Gasteiger partial charge is 0.449 e. The first kappa shape index (κ1) is 22.1. The molecule has 146 valence electrons. The minimum atomic E-state index is -0.911. The van der Waals surface area contributed by atoms with Crippen molar-refractivity contribution in [3.8, 4) is 6.07 Å². The summed E-state index contributed by atoms with van der Waals surface area (Å²) in [5.41, 5.74) is 0. The molecule has 1 saturated heterocycles. The molecule has 1 amide bonds. The van der Waals surface area contributed by atoms with Gasteiger partial charge in [0.05, 0.1) is 19.8 Å². The normalized spacial score (nSPS) is 17.8. The zero-order valence-electron chi connectivity index (χ0n) is 15.4. The Balaban J connectivity index is 2.42. The lowest BCUT2D eigenvalue weighted by atomic mass is 10.2. The van der Waals surface area contributed by atoms with E-state index in [-0.39, 0.29) is 38.4 Å². The van der Waals surface area contributed by atoms with Gasteiger partial charge in [-0.2, -0.15) is 5.26 Å². The monoisotopic (exact) mass is 368 g/mol. The van der Waals surface area contributed by atoms with Crippen LogP contribution in [0.2, 0.25) is 0 Å². The van der Waals surface area contributed by atoms with Crippen molar-refractivity contribution in [2.24, 2.45) is 0 Å². The second-order valence-corrected chi connectivity index (χ2v) is 5.86. The molecule has 0 aliphatic carbocycles. The van der Waals surface area contributed by atoms with Crippen LogP contribution in [0.4, 0.5) is 0 Å². The van der Waals surface area contributed by atoms with E-state index in [0.29, 0.717) is 19.6 Å². The molecule has 0 aromatic rings. The van der Waals surface area contributed by atoms with E-state index in [1.54, 1.807) is 12.1 Å². The summed E-state index contributed by atoms with van der Waals surface area (Å²) in [4.78, 5) is 25.5. The van der Waals surface area contributed by atoms with Gasteiger partial charge in [0.25, 0.3) is 0 Å². The van der Waals surface area contributed by atoms with Crippen LogP contribution in [0.3, 0.4) is 0 Å². The van der Waals surface area contributed by atoms with Crippen molar-refractivity contribution in [1.82, 2.24) is 4.90 Å². The Hall–Kier alpha value is -1.95. The number of carbonyl (C=O) groups is 2. The smallest absolute Gasteiger partial charge is 0.332 e. The van der Waals surface area contributed by atoms with Crippen LogP contribution in [-0.2, 0) is 28.5 Å². The summed E-state index contributed by atoms with van der Waals surface area (Å²) in [7, 11) is 1.51. The Morgan fingerprint density at radius 2 is 2.23 bits per heavy atom. The number of ether oxygens (including phenoxy) is 4. The summed E-state index contributed by atoms with van der Waals surface area (Å²) in [5.74, 6) is -0.892. The molecule has 1 rings (SSSR count). The molecule has 0 aromatic carbocycles. The number of esters is 1. The minimum Gasteiger partial charge on any atom is -0.449 e. The van der Waals surface area contributed by atoms with Crippen LogP contribution in [0.5, 0.6) is 0 Å². The van der Waals surface area contributed by atoms with Gasteiger partial charge in [-0.3, -0.25) is 4.79 Å². The topological polar surface area (TPSA) is 98.1 Å². The van der Waals surface area contributed by atoms with Crippen LogP contribution in [0, 0.1) is 11.3 Å². The highest BCUT2D eigenvalue weighted by atomic mass is 16.7. The third-order valence-corrected chi connectivity index (χ3v) is 3.92. The maximum atomic E-state index is 12.1. The molecule has 1 aliphatic heterocycles. The van der Waals surface area contributed by atoms with Gasteiger partial charge in [-0.25, -0.2) is 4.79 Å². The van der Waals surface area contributed by atoms with Gasteiger partial charge in [-0.1, -0.05) is 6.08 Å². The zero-order valence-corrected chi connectivity index (χ0v) is 15.4. The molecule has 2 atom stereocenters. The maximum absolute atomic E-state index is 12.1. The fourth-order valence-electron chi connectivity index (χ4n) is 2.39. The average molecular weight is 368 g/mol. The molecule has 0 spiro atoms. The van der Waals surface area contributed by atoms with Crippen LogP contribution in [0.1, 0.15) is 32.1 Å². The first-order valence-electron chi connectivity index (χ1n) is 8.81. The molecule has 8 nitrogen and oxygen atoms in total. The van der Waals surface area contributed by atoms with Crippen LogP contribution in [0.25, 0.3) is 0 Å². The van der Waals surface area contributed by atoms with Crippen molar-refractivity contribution in [3.05, 3.63) is 12.7 Å². The van der Waals surface area contributed by atoms with Gasteiger partial charge in [0.2, 0.25) is 5.91 Å². The maximum Gasteiger partial charge on any atom is 0.332 e. The van der Waals surface area contributed by atoms with Gasteiger partial charge in [-0.05, 0) is 25.7 Å². The standard InChI is InChI=1S/C18H28N2O6/c1-3-4-7-16(21)20(2)15(18(22)26-11-9-19)14-23-12-13-25-17-8-5-6-10-24-17/h3,15,17H,1,4-8,10-14H2,2H3. The van der Waals surface area contributed by atoms with Crippen molar-refractivity contribution >= 4 is 11.9 Å². The number of carbonyl (C=O) groups excluding carboxylic acids is 2. The summed E-state index contributed by atoms with van der Waals surface area (Å²) >= 11 is 0. The zero-order chi connectivity index (χ0) is 19.2. The Morgan fingerprint density at radius 3 is 2.88 bits per heavy atom. The summed E-state index contributed by atoms with van der Waals surface area (Å²) in [6.07, 6.45) is 5.18. The quantitative estimate of drug-likeness (QED) is 0.292. The highest BCUT2D eigenvalue weighted by molar-refractivity contribution is 5.84. The van der Waals surface area contributed by atoms with E-state index in [1.165, 1.54) is 11.9 Å². The van der Waals surface area contributed by atoms with Crippen LogP contribution >= 0.6 is 0 Å². The van der Waals surface area contributed by atoms with Crippen molar-refractivity contribution in [2.75, 3.05) is 40.1 Å². The fraction of sp³-hybridized carbons (Fsp3) is 0.722. The summed E-state index contributed by atoms with van der Waals surface area (Å²) < 4.78 is 21.3. The number of likely N-dealkylation sites (N-methyl/N-ethyl adjacent to an activating group) is 1. The SMILES string of the molecule is C=CCCC(=O)N(C)C(COCCOC1CCCCO1)C(=O)OCC#N. The van der Waals surface area contributed by atoms with E-state index >= 15 is 0 Å². The number of hydrogen-bond donors (Lipinski definition) is 0. The molecule has 0 radical (unpaired) electrons. The Labute approximate surface area is 154 Å². The molecule has 0 aromatic heterocycles. The summed E-state index contributed by atoms with van der Waals surface area (Å²) in [6, 6.07) is 0.824. The molecule has 0 bridgehead atoms. The number of rotatable bonds is 12. The molecule has 0 saturated carbocycles. The van der Waals surface area contributed by atoms with Gasteiger partial charge in [0, 0.05) is 20.1 Å². The van der Waals surface area contributed by atoms with E-state index in [0.717, 1.165) is 19.3 Å². The van der Waals surface area contributed by atoms with Crippen molar-refractivity contribution < 1.29 is 28.5 Å². The summed E-state index contributed by atoms with van der Waals surface area (Å²) in [5, 5.41) is 8.55. The van der Waals surface area contributed by atoms with E-state index in [1.807, 2.05) is 0 Å². The second kappa shape index (κ2) is 13.3. The number of allylic oxidation sites excluding steroid dienone is 1. The van der Waals surface area contributed by atoms with Crippen molar-refractivity contribution in [3.63, 3.8) is 0 Å². The number of amides is 1. The highest BCUT2D eigenvalue weighted by Gasteiger charge is 2.28. The van der Waals surface area contributed by atoms with Crippen LogP contribution in [-0.4, -0.2) is 69.2 Å². The lowest BCUT2D eigenvalue weighted by Crippen LogP contribution is -2.46. The van der Waals surface area contributed by atoms with Gasteiger partial charge < -0.3 is 23.8 Å². The highest BCUT2D eigenvalue weighted by Crippen LogP contribution is 2.13. The van der Waals surface area contributed by atoms with E-state index in [2.05, 4.69) is 6.58 Å². The molecular weight excluding hydrogens is 340 g/mol. The third-order valence-electron chi connectivity index (χ3n) is 3.92. The van der Waals surface area contributed by atoms with E-state index in [9.17, 15) is 9.59 Å². The summed E-state index contributed by atoms with van der Waals surface area (Å²) in [6.45, 7) is 4.47. The molecule has 1 fully saturated rings. The van der Waals surface area contributed by atoms with Crippen molar-refractivity contribution in [1.29, 1.82) is 5.26 Å². The van der Waals surface area contributed by atoms with E-state index < -0.39 is 12.0 Å². The van der Waals surface area contributed by atoms with E-state index in [4.69, 9.17) is 24.2 Å². The Bertz CT molecular complexity index is 485. The molecule has 8 heteroatoms. The molecule has 26 heavy (non-hydrogen) atoms. The first-order valence-corrected chi connectivity index (χ1v) is 8.81. The lowest BCUT2D eigenvalue weighted by Gasteiger charge is -2.26. The Morgan fingerprint density at radius 1 is 1.42 bits per heavy atom. The fourth-order valence-corrected chi connectivity index (χ4v) is 2.39. The predicted molar refractivity (Wildman–Crippen MR) is 92.9 cm³/mol. The van der Waals surface area contributed by atoms with Crippen molar-refractivity contribution in [2.45, 2.75) is 44.4 Å². The molecule has 1 aliphatic rings. The van der Waals surface area contributed by atoms with Crippen LogP contribution < -0.4 is 0 Å². The molecule has 2 unspecified atom stereocenters.